The molecule has 13 rings (SSSR count). The molecule has 0 bridgehead atoms. The first kappa shape index (κ1) is 49.8. The zero-order chi connectivity index (χ0) is 54.0. The number of hydrogen-bond acceptors (Lipinski definition) is 2. The Kier molecular flexibility index (Phi) is 13.2. The lowest BCUT2D eigenvalue weighted by Crippen LogP contribution is -2.24. The molecule has 0 spiro atoms. The predicted octanol–water partition coefficient (Wildman–Crippen LogP) is 21.6. The molecule has 0 aromatic heterocycles. The van der Waals surface area contributed by atoms with Gasteiger partial charge < -0.3 is 9.80 Å². The Labute approximate surface area is 472 Å². The zero-order valence-corrected chi connectivity index (χ0v) is 45.5. The molecule has 12 aromatic rings. The van der Waals surface area contributed by atoms with Crippen LogP contribution in [0.3, 0.4) is 0 Å². The van der Waals surface area contributed by atoms with Crippen LogP contribution in [0.2, 0.25) is 0 Å². The van der Waals surface area contributed by atoms with Crippen LogP contribution in [0, 0.1) is 0 Å². The number of hydrogen-bond donors (Lipinski definition) is 0. The second-order valence-corrected chi connectivity index (χ2v) is 22.1. The van der Waals surface area contributed by atoms with E-state index in [1.54, 1.807) is 0 Å². The lowest BCUT2D eigenvalue weighted by atomic mass is 9.74. The SMILES string of the molecule is CC1(C)CC(C)(c2ccc(-c3ccccc3)c(N(c3ccc(-c4ccccc4)cc3)c3ccc(-c4ccccc4)cc3)c2)c2cc(-c3ccccc3)c(N(c3ccc(-c4ccccc4)cc3)c3ccc(-c4ccccc4)cc3)cc21. The molecule has 2 nitrogen and oxygen atoms in total. The maximum Gasteiger partial charge on any atom is 0.0543 e. The summed E-state index contributed by atoms with van der Waals surface area (Å²) in [5.74, 6) is 0. The molecule has 0 saturated heterocycles. The number of rotatable bonds is 13. The van der Waals surface area contributed by atoms with Crippen LogP contribution in [0.15, 0.2) is 309 Å². The summed E-state index contributed by atoms with van der Waals surface area (Å²) in [6.45, 7) is 7.39. The van der Waals surface area contributed by atoms with Crippen LogP contribution in [-0.2, 0) is 10.8 Å². The topological polar surface area (TPSA) is 6.48 Å². The smallest absolute Gasteiger partial charge is 0.0543 e. The van der Waals surface area contributed by atoms with E-state index in [0.29, 0.717) is 0 Å². The van der Waals surface area contributed by atoms with Crippen molar-refractivity contribution >= 4 is 34.1 Å². The van der Waals surface area contributed by atoms with Crippen molar-refractivity contribution in [2.45, 2.75) is 38.0 Å². The van der Waals surface area contributed by atoms with Gasteiger partial charge in [0.25, 0.3) is 0 Å². The Bertz CT molecular complexity index is 3880. The molecule has 1 atom stereocenters. The summed E-state index contributed by atoms with van der Waals surface area (Å²) in [6, 6.07) is 113. The van der Waals surface area contributed by atoms with Gasteiger partial charge in [0.1, 0.15) is 0 Å². The van der Waals surface area contributed by atoms with Crippen LogP contribution in [0.5, 0.6) is 0 Å². The van der Waals surface area contributed by atoms with Gasteiger partial charge in [0.2, 0.25) is 0 Å². The molecular weight excluding hydrogens is 965 g/mol. The fraction of sp³-hybridized carbons (Fsp3) is 0.0769. The van der Waals surface area contributed by atoms with Gasteiger partial charge in [0, 0.05) is 39.3 Å². The average Bonchev–Trinajstić information content (AvgIpc) is 3.67. The first-order valence-electron chi connectivity index (χ1n) is 27.9. The van der Waals surface area contributed by atoms with E-state index in [2.05, 4.69) is 340 Å². The highest BCUT2D eigenvalue weighted by Crippen LogP contribution is 2.57. The molecule has 2 heteroatoms. The van der Waals surface area contributed by atoms with Gasteiger partial charge in [-0.2, -0.15) is 0 Å². The van der Waals surface area contributed by atoms with Crippen molar-refractivity contribution < 1.29 is 0 Å². The molecule has 1 aliphatic rings. The molecule has 1 aliphatic carbocycles. The van der Waals surface area contributed by atoms with Gasteiger partial charge in [-0.25, -0.2) is 0 Å². The van der Waals surface area contributed by atoms with Crippen molar-refractivity contribution in [2.24, 2.45) is 0 Å². The van der Waals surface area contributed by atoms with E-state index >= 15 is 0 Å². The third kappa shape index (κ3) is 9.60. The Balaban J connectivity index is 0.996. The van der Waals surface area contributed by atoms with Gasteiger partial charge in [0.05, 0.1) is 11.4 Å². The predicted molar refractivity (Wildman–Crippen MR) is 339 cm³/mol. The molecule has 384 valence electrons. The third-order valence-electron chi connectivity index (χ3n) is 16.5. The van der Waals surface area contributed by atoms with Gasteiger partial charge in [-0.05, 0) is 151 Å². The van der Waals surface area contributed by atoms with Gasteiger partial charge in [-0.15, -0.1) is 0 Å². The fourth-order valence-corrected chi connectivity index (χ4v) is 12.5. The molecule has 0 heterocycles. The minimum atomic E-state index is -0.371. The Hall–Kier alpha value is -9.76. The van der Waals surface area contributed by atoms with E-state index in [1.807, 2.05) is 0 Å². The Morgan fingerprint density at radius 1 is 0.250 bits per heavy atom. The Morgan fingerprint density at radius 2 is 0.537 bits per heavy atom. The van der Waals surface area contributed by atoms with Crippen LogP contribution in [0.4, 0.5) is 34.1 Å². The van der Waals surface area contributed by atoms with Crippen LogP contribution >= 0.6 is 0 Å². The number of nitrogens with zero attached hydrogens (tertiary/aromatic N) is 2. The van der Waals surface area contributed by atoms with Crippen molar-refractivity contribution in [3.8, 4) is 66.8 Å². The minimum absolute atomic E-state index is 0.188. The second kappa shape index (κ2) is 21.2. The van der Waals surface area contributed by atoms with Crippen molar-refractivity contribution in [2.75, 3.05) is 9.80 Å². The average molecular weight is 1030 g/mol. The summed E-state index contributed by atoms with van der Waals surface area (Å²) in [7, 11) is 0. The Morgan fingerprint density at radius 3 is 0.875 bits per heavy atom. The zero-order valence-electron chi connectivity index (χ0n) is 45.5. The normalized spacial score (nSPS) is 14.3. The molecule has 80 heavy (non-hydrogen) atoms. The van der Waals surface area contributed by atoms with Crippen molar-refractivity contribution in [1.82, 2.24) is 0 Å². The largest absolute Gasteiger partial charge is 0.310 e. The lowest BCUT2D eigenvalue weighted by molar-refractivity contribution is 0.425. The standard InChI is InChI=1S/C78H62N2/c1-77(2)55-78(3,66-42-51-71(64-30-18-8-19-31-64)75(52-66)79(67-43-34-60(35-44-67)56-22-10-4-11-23-56)68-45-36-61(37-46-68)57-24-12-5-13-25-57)74-53-72(65-32-20-9-21-33-65)76(54-73(74)77)80(69-47-38-62(39-48-69)58-26-14-6-15-27-58)70-49-40-63(41-50-70)59-28-16-7-17-29-59/h4-54H,55H2,1-3H3. The van der Waals surface area contributed by atoms with Crippen molar-refractivity contribution in [3.63, 3.8) is 0 Å². The summed E-state index contributed by atoms with van der Waals surface area (Å²) in [4.78, 5) is 4.96. The molecule has 0 N–H and O–H groups in total. The monoisotopic (exact) mass is 1030 g/mol. The highest BCUT2D eigenvalue weighted by atomic mass is 15.2. The molecular formula is C78H62N2. The second-order valence-electron chi connectivity index (χ2n) is 22.1. The highest BCUT2D eigenvalue weighted by molar-refractivity contribution is 5.93. The molecule has 0 amide bonds. The van der Waals surface area contributed by atoms with Crippen LogP contribution in [0.1, 0.15) is 43.9 Å². The van der Waals surface area contributed by atoms with E-state index in [1.165, 1.54) is 83.5 Å². The van der Waals surface area contributed by atoms with Crippen LogP contribution in [-0.4, -0.2) is 0 Å². The van der Waals surface area contributed by atoms with Crippen LogP contribution < -0.4 is 9.80 Å². The van der Waals surface area contributed by atoms with Crippen molar-refractivity contribution in [3.05, 3.63) is 326 Å². The molecule has 0 fully saturated rings. The van der Waals surface area contributed by atoms with Crippen molar-refractivity contribution in [1.29, 1.82) is 0 Å². The molecule has 1 unspecified atom stereocenters. The van der Waals surface area contributed by atoms with Crippen LogP contribution in [0.25, 0.3) is 66.8 Å². The number of benzene rings is 12. The lowest BCUT2D eigenvalue weighted by Gasteiger charge is -2.33. The van der Waals surface area contributed by atoms with Gasteiger partial charge in [-0.1, -0.05) is 263 Å². The molecule has 0 aliphatic heterocycles. The fourth-order valence-electron chi connectivity index (χ4n) is 12.5. The summed E-state index contributed by atoms with van der Waals surface area (Å²) in [5.41, 5.74) is 24.3. The molecule has 0 saturated carbocycles. The summed E-state index contributed by atoms with van der Waals surface area (Å²) in [6.07, 6.45) is 0.923. The van der Waals surface area contributed by atoms with E-state index in [4.69, 9.17) is 0 Å². The minimum Gasteiger partial charge on any atom is -0.310 e. The van der Waals surface area contributed by atoms with E-state index in [9.17, 15) is 0 Å². The van der Waals surface area contributed by atoms with E-state index in [-0.39, 0.29) is 10.8 Å². The van der Waals surface area contributed by atoms with E-state index < -0.39 is 0 Å². The van der Waals surface area contributed by atoms with Gasteiger partial charge in [0.15, 0.2) is 0 Å². The molecule has 12 aromatic carbocycles. The van der Waals surface area contributed by atoms with Gasteiger partial charge >= 0.3 is 0 Å². The summed E-state index contributed by atoms with van der Waals surface area (Å²) in [5, 5.41) is 0. The summed E-state index contributed by atoms with van der Waals surface area (Å²) >= 11 is 0. The number of anilines is 6. The maximum absolute atomic E-state index is 2.55. The third-order valence-corrected chi connectivity index (χ3v) is 16.5. The van der Waals surface area contributed by atoms with Gasteiger partial charge in [-0.3, -0.25) is 0 Å². The maximum atomic E-state index is 2.55. The molecule has 0 radical (unpaired) electrons. The first-order valence-corrected chi connectivity index (χ1v) is 27.9. The summed E-state index contributed by atoms with van der Waals surface area (Å²) < 4.78 is 0. The first-order chi connectivity index (χ1) is 39.3. The highest BCUT2D eigenvalue weighted by Gasteiger charge is 2.47. The van der Waals surface area contributed by atoms with E-state index in [0.717, 1.165) is 40.5 Å². The quantitative estimate of drug-likeness (QED) is 0.114. The number of fused-ring (bicyclic) bond motifs is 1.